The highest BCUT2D eigenvalue weighted by molar-refractivity contribution is 7.87. The Balaban J connectivity index is 2.75. The fraction of sp³-hybridized carbons (Fsp3) is 0. The highest BCUT2D eigenvalue weighted by atomic mass is 32.2. The van der Waals surface area contributed by atoms with Crippen molar-refractivity contribution in [3.05, 3.63) is 17.5 Å². The summed E-state index contributed by atoms with van der Waals surface area (Å²) in [4.78, 5) is 0. The van der Waals surface area contributed by atoms with Crippen LogP contribution < -0.4 is 4.72 Å². The quantitative estimate of drug-likeness (QED) is 0.657. The Hall–Kier alpha value is -0.590. The van der Waals surface area contributed by atoms with Crippen molar-refractivity contribution in [3.63, 3.8) is 0 Å². The summed E-state index contributed by atoms with van der Waals surface area (Å²) in [7, 11) is -4.12. The minimum absolute atomic E-state index is 0.280. The Labute approximate surface area is 62.4 Å². The third kappa shape index (κ3) is 2.34. The summed E-state index contributed by atoms with van der Waals surface area (Å²) in [6, 6.07) is 4.12. The van der Waals surface area contributed by atoms with Crippen molar-refractivity contribution in [2.45, 2.75) is 0 Å². The number of hydrogen-bond acceptors (Lipinski definition) is 3. The predicted octanol–water partition coefficient (Wildman–Crippen LogP) is 0.763. The van der Waals surface area contributed by atoms with Gasteiger partial charge < -0.3 is 0 Å². The number of thiophene rings is 1. The molecule has 0 unspecified atom stereocenters. The third-order valence-electron chi connectivity index (χ3n) is 0.690. The highest BCUT2D eigenvalue weighted by Crippen LogP contribution is 2.14. The maximum atomic E-state index is 10.1. The maximum Gasteiger partial charge on any atom is 0.358 e. The third-order valence-corrected chi connectivity index (χ3v) is 2.01. The molecule has 4 nitrogen and oxygen atoms in total. The van der Waals surface area contributed by atoms with E-state index in [2.05, 4.69) is 6.07 Å². The zero-order valence-corrected chi connectivity index (χ0v) is 6.37. The van der Waals surface area contributed by atoms with E-state index in [0.29, 0.717) is 0 Å². The topological polar surface area (TPSA) is 66.4 Å². The second kappa shape index (κ2) is 2.57. The van der Waals surface area contributed by atoms with Crippen LogP contribution in [-0.4, -0.2) is 13.0 Å². The molecule has 1 heterocycles. The first-order valence-corrected chi connectivity index (χ1v) is 4.60. The van der Waals surface area contributed by atoms with Crippen LogP contribution in [0.15, 0.2) is 11.4 Å². The van der Waals surface area contributed by atoms with Crippen molar-refractivity contribution < 1.29 is 13.0 Å². The number of rotatable bonds is 2. The Morgan fingerprint density at radius 2 is 2.40 bits per heavy atom. The van der Waals surface area contributed by atoms with Gasteiger partial charge in [-0.15, -0.1) is 11.3 Å². The van der Waals surface area contributed by atoms with Crippen LogP contribution in [0, 0.1) is 6.07 Å². The van der Waals surface area contributed by atoms with Crippen LogP contribution in [0.5, 0.6) is 0 Å². The van der Waals surface area contributed by atoms with Gasteiger partial charge in [0.05, 0.1) is 0 Å². The van der Waals surface area contributed by atoms with E-state index < -0.39 is 10.3 Å². The van der Waals surface area contributed by atoms with Gasteiger partial charge in [0.15, 0.2) is 0 Å². The normalized spacial score (nSPS) is 11.3. The summed E-state index contributed by atoms with van der Waals surface area (Å²) in [6.45, 7) is 0. The van der Waals surface area contributed by atoms with Gasteiger partial charge in [-0.2, -0.15) is 8.42 Å². The van der Waals surface area contributed by atoms with Gasteiger partial charge in [-0.3, -0.25) is 9.27 Å². The van der Waals surface area contributed by atoms with E-state index in [4.69, 9.17) is 4.55 Å². The SMILES string of the molecule is O=S(=O)(O)Nc1[c]ccs1. The second-order valence-corrected chi connectivity index (χ2v) is 3.54. The maximum absolute atomic E-state index is 10.1. The summed E-state index contributed by atoms with van der Waals surface area (Å²) < 4.78 is 30.3. The first-order chi connectivity index (χ1) is 4.58. The smallest absolute Gasteiger partial charge is 0.269 e. The van der Waals surface area contributed by atoms with Gasteiger partial charge in [0.2, 0.25) is 0 Å². The van der Waals surface area contributed by atoms with Gasteiger partial charge in [-0.05, 0) is 11.4 Å². The molecule has 1 radical (unpaired) electrons. The first-order valence-electron chi connectivity index (χ1n) is 2.28. The Kier molecular flexibility index (Phi) is 1.93. The lowest BCUT2D eigenvalue weighted by Gasteiger charge is -1.94. The standard InChI is InChI=1S/C4H4NO3S2/c6-10(7,8)5-4-2-1-3-9-4/h1,3,5H,(H,6,7,8). The molecule has 0 saturated carbocycles. The van der Waals surface area contributed by atoms with Crippen LogP contribution >= 0.6 is 11.3 Å². The van der Waals surface area contributed by atoms with Crippen molar-refractivity contribution >= 4 is 26.6 Å². The molecule has 0 amide bonds. The molecular formula is C4H4NO3S2. The largest absolute Gasteiger partial charge is 0.358 e. The molecular weight excluding hydrogens is 174 g/mol. The van der Waals surface area contributed by atoms with Crippen LogP contribution in [0.2, 0.25) is 0 Å². The number of nitrogens with one attached hydrogen (secondary N) is 1. The van der Waals surface area contributed by atoms with Crippen LogP contribution in [0.3, 0.4) is 0 Å². The minimum atomic E-state index is -4.12. The molecule has 1 aromatic heterocycles. The summed E-state index contributed by atoms with van der Waals surface area (Å²) in [6.07, 6.45) is 0. The van der Waals surface area contributed by atoms with Gasteiger partial charge in [0.25, 0.3) is 0 Å². The number of anilines is 1. The zero-order valence-electron chi connectivity index (χ0n) is 4.73. The molecule has 2 N–H and O–H groups in total. The van der Waals surface area contributed by atoms with Crippen molar-refractivity contribution in [2.24, 2.45) is 0 Å². The van der Waals surface area contributed by atoms with Crippen molar-refractivity contribution in [1.29, 1.82) is 0 Å². The average molecular weight is 178 g/mol. The van der Waals surface area contributed by atoms with Crippen molar-refractivity contribution in [1.82, 2.24) is 0 Å². The van der Waals surface area contributed by atoms with Gasteiger partial charge in [-0.1, -0.05) is 0 Å². The van der Waals surface area contributed by atoms with Crippen molar-refractivity contribution in [2.75, 3.05) is 4.72 Å². The monoisotopic (exact) mass is 178 g/mol. The lowest BCUT2D eigenvalue weighted by Crippen LogP contribution is -2.08. The molecule has 0 fully saturated rings. The van der Waals surface area contributed by atoms with Crippen LogP contribution in [0.1, 0.15) is 0 Å². The number of hydrogen-bond donors (Lipinski definition) is 2. The van der Waals surface area contributed by atoms with E-state index in [1.165, 1.54) is 0 Å². The molecule has 1 aromatic rings. The van der Waals surface area contributed by atoms with Crippen LogP contribution in [0.25, 0.3) is 0 Å². The molecule has 55 valence electrons. The molecule has 0 aromatic carbocycles. The molecule has 1 rings (SSSR count). The minimum Gasteiger partial charge on any atom is -0.269 e. The molecule has 10 heavy (non-hydrogen) atoms. The van der Waals surface area contributed by atoms with Crippen LogP contribution in [-0.2, 0) is 10.3 Å². The molecule has 0 bridgehead atoms. The van der Waals surface area contributed by atoms with Gasteiger partial charge >= 0.3 is 10.3 Å². The van der Waals surface area contributed by atoms with E-state index in [0.717, 1.165) is 11.3 Å². The average Bonchev–Trinajstić information content (AvgIpc) is 2.12. The molecule has 0 aliphatic heterocycles. The second-order valence-electron chi connectivity index (χ2n) is 1.47. The Bertz CT molecular complexity index is 288. The van der Waals surface area contributed by atoms with E-state index in [9.17, 15) is 8.42 Å². The summed E-state index contributed by atoms with van der Waals surface area (Å²) in [5.74, 6) is 0. The lowest BCUT2D eigenvalue weighted by atomic mass is 10.6. The zero-order chi connectivity index (χ0) is 7.61. The van der Waals surface area contributed by atoms with E-state index in [1.54, 1.807) is 11.4 Å². The van der Waals surface area contributed by atoms with Gasteiger partial charge in [0.1, 0.15) is 5.00 Å². The molecule has 0 aliphatic carbocycles. The van der Waals surface area contributed by atoms with Crippen molar-refractivity contribution in [3.8, 4) is 0 Å². The molecule has 0 aliphatic rings. The summed E-state index contributed by atoms with van der Waals surface area (Å²) >= 11 is 1.14. The molecule has 0 saturated heterocycles. The van der Waals surface area contributed by atoms with Crippen LogP contribution in [0.4, 0.5) is 5.00 Å². The van der Waals surface area contributed by atoms with E-state index in [1.807, 2.05) is 4.72 Å². The predicted molar refractivity (Wildman–Crippen MR) is 38.3 cm³/mol. The Morgan fingerprint density at radius 1 is 1.70 bits per heavy atom. The molecule has 0 spiro atoms. The highest BCUT2D eigenvalue weighted by Gasteiger charge is 2.02. The summed E-state index contributed by atoms with van der Waals surface area (Å²) in [5, 5.41) is 1.93. The fourth-order valence-corrected chi connectivity index (χ4v) is 1.63. The van der Waals surface area contributed by atoms with E-state index in [-0.39, 0.29) is 5.00 Å². The van der Waals surface area contributed by atoms with Gasteiger partial charge in [-0.25, -0.2) is 0 Å². The summed E-state index contributed by atoms with van der Waals surface area (Å²) in [5.41, 5.74) is 0. The lowest BCUT2D eigenvalue weighted by molar-refractivity contribution is 0.490. The first kappa shape index (κ1) is 7.52. The molecule has 6 heteroatoms. The Morgan fingerprint density at radius 3 is 2.80 bits per heavy atom. The fourth-order valence-electron chi connectivity index (χ4n) is 0.416. The van der Waals surface area contributed by atoms with Gasteiger partial charge in [0, 0.05) is 6.07 Å². The molecule has 0 atom stereocenters. The van der Waals surface area contributed by atoms with E-state index >= 15 is 0 Å².